The third-order valence-corrected chi connectivity index (χ3v) is 4.54. The molecular weight excluding hydrogens is 268 g/mol. The van der Waals surface area contributed by atoms with Crippen molar-refractivity contribution in [2.75, 3.05) is 5.75 Å². The van der Waals surface area contributed by atoms with E-state index in [0.717, 1.165) is 27.4 Å². The Kier molecular flexibility index (Phi) is 4.40. The summed E-state index contributed by atoms with van der Waals surface area (Å²) in [7, 11) is 0. The van der Waals surface area contributed by atoms with E-state index in [9.17, 15) is 15.0 Å². The molecule has 0 aliphatic rings. The molecule has 2 aromatic rings. The van der Waals surface area contributed by atoms with Crippen molar-refractivity contribution in [3.8, 4) is 0 Å². The first-order valence-electron chi connectivity index (χ1n) is 5.55. The molecule has 2 rings (SSSR count). The quantitative estimate of drug-likeness (QED) is 0.905. The zero-order valence-electron chi connectivity index (χ0n) is 9.87. The first-order chi connectivity index (χ1) is 8.59. The minimum absolute atomic E-state index is 0.0596. The number of thioether (sulfide) groups is 1. The van der Waals surface area contributed by atoms with E-state index in [1.807, 2.05) is 29.6 Å². The van der Waals surface area contributed by atoms with Gasteiger partial charge in [-0.3, -0.25) is 4.79 Å². The number of benzene rings is 1. The Bertz CT molecular complexity index is 550. The van der Waals surface area contributed by atoms with Gasteiger partial charge >= 0.3 is 0 Å². The highest BCUT2D eigenvalue weighted by atomic mass is 32.2. The van der Waals surface area contributed by atoms with Gasteiger partial charge in [-0.05, 0) is 16.8 Å². The van der Waals surface area contributed by atoms with Gasteiger partial charge in [0, 0.05) is 22.9 Å². The molecule has 96 valence electrons. The average Bonchev–Trinajstić information content (AvgIpc) is 2.82. The number of carbonyl (C=O) groups excluding carboxylic acids is 1. The second kappa shape index (κ2) is 5.84. The fourth-order valence-electron chi connectivity index (χ4n) is 1.75. The normalized spacial score (nSPS) is 14.6. The molecule has 2 N–H and O–H groups in total. The lowest BCUT2D eigenvalue weighted by Crippen LogP contribution is -2.21. The van der Waals surface area contributed by atoms with Gasteiger partial charge in [-0.2, -0.15) is 0 Å². The van der Waals surface area contributed by atoms with Crippen molar-refractivity contribution in [2.45, 2.75) is 19.1 Å². The van der Waals surface area contributed by atoms with E-state index in [0.29, 0.717) is 0 Å². The van der Waals surface area contributed by atoms with Crippen molar-refractivity contribution >= 4 is 38.3 Å². The summed E-state index contributed by atoms with van der Waals surface area (Å²) >= 11 is 2.56. The largest absolute Gasteiger partial charge is 0.389 e. The predicted molar refractivity (Wildman–Crippen MR) is 75.9 cm³/mol. The number of rotatable bonds is 4. The number of fused-ring (bicyclic) bond motifs is 1. The number of aliphatic hydroxyl groups is 2. The Balaban J connectivity index is 2.19. The van der Waals surface area contributed by atoms with Gasteiger partial charge in [0.25, 0.3) is 0 Å². The standard InChI is InChI=1S/C13H14O3S2/c1-8(14)18-7-11(15)12(16)10-4-2-3-9-5-6-17-13(9)10/h2-6,11-12,15-16H,7H2,1H3. The van der Waals surface area contributed by atoms with E-state index in [4.69, 9.17) is 0 Å². The van der Waals surface area contributed by atoms with Crippen LogP contribution in [-0.4, -0.2) is 27.2 Å². The summed E-state index contributed by atoms with van der Waals surface area (Å²) in [4.78, 5) is 10.9. The zero-order chi connectivity index (χ0) is 13.1. The molecule has 0 saturated carbocycles. The number of aliphatic hydroxyl groups excluding tert-OH is 2. The Morgan fingerprint density at radius 2 is 2.17 bits per heavy atom. The van der Waals surface area contributed by atoms with Crippen molar-refractivity contribution in [1.82, 2.24) is 0 Å². The van der Waals surface area contributed by atoms with E-state index < -0.39 is 12.2 Å². The highest BCUT2D eigenvalue weighted by molar-refractivity contribution is 8.13. The van der Waals surface area contributed by atoms with Crippen LogP contribution in [0, 0.1) is 0 Å². The van der Waals surface area contributed by atoms with Gasteiger partial charge in [0.05, 0.1) is 6.10 Å². The van der Waals surface area contributed by atoms with E-state index >= 15 is 0 Å². The number of thiophene rings is 1. The molecule has 1 aromatic heterocycles. The molecule has 1 heterocycles. The Labute approximate surface area is 113 Å². The molecule has 1 aromatic carbocycles. The maximum Gasteiger partial charge on any atom is 0.185 e. The zero-order valence-corrected chi connectivity index (χ0v) is 11.5. The van der Waals surface area contributed by atoms with Gasteiger partial charge in [-0.1, -0.05) is 30.0 Å². The maximum atomic E-state index is 10.9. The average molecular weight is 282 g/mol. The van der Waals surface area contributed by atoms with Gasteiger partial charge in [-0.15, -0.1) is 11.3 Å². The number of hydrogen-bond acceptors (Lipinski definition) is 5. The molecule has 2 unspecified atom stereocenters. The molecule has 0 spiro atoms. The van der Waals surface area contributed by atoms with Crippen LogP contribution in [0.25, 0.3) is 10.1 Å². The first-order valence-corrected chi connectivity index (χ1v) is 7.41. The van der Waals surface area contributed by atoms with Crippen molar-refractivity contribution in [2.24, 2.45) is 0 Å². The topological polar surface area (TPSA) is 57.5 Å². The van der Waals surface area contributed by atoms with E-state index in [1.54, 1.807) is 0 Å². The summed E-state index contributed by atoms with van der Waals surface area (Å²) < 4.78 is 0.983. The second-order valence-corrected chi connectivity index (χ2v) is 6.11. The second-order valence-electron chi connectivity index (χ2n) is 4.00. The van der Waals surface area contributed by atoms with Crippen LogP contribution >= 0.6 is 23.1 Å². The van der Waals surface area contributed by atoms with Crippen molar-refractivity contribution < 1.29 is 15.0 Å². The van der Waals surface area contributed by atoms with Crippen LogP contribution in [0.1, 0.15) is 18.6 Å². The lowest BCUT2D eigenvalue weighted by Gasteiger charge is -2.18. The molecular formula is C13H14O3S2. The third-order valence-electron chi connectivity index (χ3n) is 2.65. The minimum Gasteiger partial charge on any atom is -0.389 e. The highest BCUT2D eigenvalue weighted by Crippen LogP contribution is 2.31. The Hall–Kier alpha value is -0.880. The molecule has 0 saturated heterocycles. The lowest BCUT2D eigenvalue weighted by atomic mass is 10.0. The minimum atomic E-state index is -0.959. The van der Waals surface area contributed by atoms with Crippen LogP contribution < -0.4 is 0 Å². The predicted octanol–water partition coefficient (Wildman–Crippen LogP) is 2.58. The molecule has 5 heteroatoms. The summed E-state index contributed by atoms with van der Waals surface area (Å²) in [6, 6.07) is 7.62. The Morgan fingerprint density at radius 3 is 2.89 bits per heavy atom. The van der Waals surface area contributed by atoms with Crippen LogP contribution in [0.4, 0.5) is 0 Å². The highest BCUT2D eigenvalue weighted by Gasteiger charge is 2.21. The maximum absolute atomic E-state index is 10.9. The lowest BCUT2D eigenvalue weighted by molar-refractivity contribution is -0.109. The molecule has 0 bridgehead atoms. The van der Waals surface area contributed by atoms with E-state index in [1.165, 1.54) is 18.3 Å². The number of carbonyl (C=O) groups is 1. The van der Waals surface area contributed by atoms with Crippen LogP contribution in [0.5, 0.6) is 0 Å². The first kappa shape index (κ1) is 13.5. The van der Waals surface area contributed by atoms with Crippen molar-refractivity contribution in [1.29, 1.82) is 0 Å². The van der Waals surface area contributed by atoms with Gasteiger partial charge in [-0.25, -0.2) is 0 Å². The smallest absolute Gasteiger partial charge is 0.185 e. The Morgan fingerprint density at radius 1 is 1.39 bits per heavy atom. The molecule has 2 atom stereocenters. The van der Waals surface area contributed by atoms with E-state index in [-0.39, 0.29) is 10.9 Å². The fourth-order valence-corrected chi connectivity index (χ4v) is 3.29. The summed E-state index contributed by atoms with van der Waals surface area (Å²) in [5, 5.41) is 23.0. The molecule has 0 aliphatic carbocycles. The SMILES string of the molecule is CC(=O)SCC(O)C(O)c1cccc2ccsc12. The number of hydrogen-bond donors (Lipinski definition) is 2. The third kappa shape index (κ3) is 2.92. The van der Waals surface area contributed by atoms with Crippen LogP contribution in [0.2, 0.25) is 0 Å². The van der Waals surface area contributed by atoms with Crippen molar-refractivity contribution in [3.63, 3.8) is 0 Å². The van der Waals surface area contributed by atoms with Gasteiger partial charge < -0.3 is 10.2 Å². The van der Waals surface area contributed by atoms with Crippen LogP contribution in [0.15, 0.2) is 29.6 Å². The summed E-state index contributed by atoms with van der Waals surface area (Å²) in [5.74, 6) is 0.207. The molecule has 0 radical (unpaired) electrons. The van der Waals surface area contributed by atoms with Gasteiger partial charge in [0.15, 0.2) is 5.12 Å². The molecule has 3 nitrogen and oxygen atoms in total. The summed E-state index contributed by atoms with van der Waals surface area (Å²) in [6.07, 6.45) is -1.90. The summed E-state index contributed by atoms with van der Waals surface area (Å²) in [5.41, 5.74) is 0.721. The monoisotopic (exact) mass is 282 g/mol. The van der Waals surface area contributed by atoms with Gasteiger partial charge in [0.2, 0.25) is 0 Å². The molecule has 0 fully saturated rings. The van der Waals surface area contributed by atoms with Crippen LogP contribution in [0.3, 0.4) is 0 Å². The molecule has 0 aliphatic heterocycles. The molecule has 18 heavy (non-hydrogen) atoms. The fraction of sp³-hybridized carbons (Fsp3) is 0.308. The van der Waals surface area contributed by atoms with Gasteiger partial charge in [0.1, 0.15) is 6.10 Å². The summed E-state index contributed by atoms with van der Waals surface area (Å²) in [6.45, 7) is 1.45. The van der Waals surface area contributed by atoms with Crippen LogP contribution in [-0.2, 0) is 4.79 Å². The van der Waals surface area contributed by atoms with Crippen molar-refractivity contribution in [3.05, 3.63) is 35.2 Å². The van der Waals surface area contributed by atoms with E-state index in [2.05, 4.69) is 0 Å². The molecule has 0 amide bonds.